The molecule has 1 aliphatic heterocycles. The smallest absolute Gasteiger partial charge is 0.120 e. The predicted molar refractivity (Wildman–Crippen MR) is 85.7 cm³/mol. The van der Waals surface area contributed by atoms with Crippen LogP contribution in [0.25, 0.3) is 0 Å². The highest BCUT2D eigenvalue weighted by Crippen LogP contribution is 2.20. The highest BCUT2D eigenvalue weighted by molar-refractivity contribution is 5.30. The molecule has 4 nitrogen and oxygen atoms in total. The van der Waals surface area contributed by atoms with Crippen molar-refractivity contribution in [3.63, 3.8) is 0 Å². The minimum atomic E-state index is -0.486. The summed E-state index contributed by atoms with van der Waals surface area (Å²) in [6.45, 7) is 6.87. The van der Waals surface area contributed by atoms with Crippen LogP contribution in [0.15, 0.2) is 24.3 Å². The maximum atomic E-state index is 10.3. The largest absolute Gasteiger partial charge is 0.491 e. The van der Waals surface area contributed by atoms with Gasteiger partial charge in [0.2, 0.25) is 0 Å². The molecular weight excluding hydrogens is 264 g/mol. The first-order chi connectivity index (χ1) is 10.0. The van der Waals surface area contributed by atoms with Gasteiger partial charge in [-0.15, -0.1) is 0 Å². The average Bonchev–Trinajstić information content (AvgIpc) is 2.46. The van der Waals surface area contributed by atoms with Crippen LogP contribution >= 0.6 is 0 Å². The van der Waals surface area contributed by atoms with E-state index >= 15 is 0 Å². The molecule has 118 valence electrons. The Hall–Kier alpha value is -1.10. The molecule has 1 unspecified atom stereocenters. The van der Waals surface area contributed by atoms with Gasteiger partial charge in [-0.25, -0.2) is 0 Å². The van der Waals surface area contributed by atoms with Crippen molar-refractivity contribution >= 4 is 0 Å². The first-order valence-electron chi connectivity index (χ1n) is 7.91. The lowest BCUT2D eigenvalue weighted by Crippen LogP contribution is -2.42. The lowest BCUT2D eigenvalue weighted by Gasteiger charge is -2.30. The van der Waals surface area contributed by atoms with E-state index in [1.165, 1.54) is 0 Å². The molecule has 4 heteroatoms. The van der Waals surface area contributed by atoms with Crippen molar-refractivity contribution in [3.8, 4) is 5.75 Å². The maximum absolute atomic E-state index is 10.3. The Morgan fingerprint density at radius 2 is 2.05 bits per heavy atom. The van der Waals surface area contributed by atoms with Crippen LogP contribution in [0.5, 0.6) is 5.75 Å². The van der Waals surface area contributed by atoms with Crippen LogP contribution in [0.3, 0.4) is 0 Å². The van der Waals surface area contributed by atoms with E-state index in [0.29, 0.717) is 12.6 Å². The summed E-state index contributed by atoms with van der Waals surface area (Å²) < 4.78 is 5.67. The zero-order chi connectivity index (χ0) is 15.2. The van der Waals surface area contributed by atoms with Gasteiger partial charge >= 0.3 is 0 Å². The summed E-state index contributed by atoms with van der Waals surface area (Å²) in [6, 6.07) is 8.27. The van der Waals surface area contributed by atoms with E-state index in [1.807, 2.05) is 38.1 Å². The number of ether oxygens (including phenoxy) is 1. The van der Waals surface area contributed by atoms with Gasteiger partial charge in [0, 0.05) is 12.6 Å². The van der Waals surface area contributed by atoms with Crippen molar-refractivity contribution in [3.05, 3.63) is 29.8 Å². The molecule has 1 aliphatic rings. The van der Waals surface area contributed by atoms with Crippen molar-refractivity contribution in [2.45, 2.75) is 44.9 Å². The molecule has 1 saturated heterocycles. The molecule has 0 bridgehead atoms. The number of benzene rings is 1. The summed E-state index contributed by atoms with van der Waals surface area (Å²) in [5.74, 6) is 0.820. The van der Waals surface area contributed by atoms with Gasteiger partial charge in [0.25, 0.3) is 0 Å². The summed E-state index contributed by atoms with van der Waals surface area (Å²) in [6.07, 6.45) is 1.97. The molecular formula is C17H28N2O2. The number of nitrogens with zero attached hydrogens (tertiary/aromatic N) is 1. The van der Waals surface area contributed by atoms with Gasteiger partial charge in [0.05, 0.1) is 12.2 Å². The number of aliphatic hydroxyl groups is 1. The van der Waals surface area contributed by atoms with Crippen LogP contribution in [0.4, 0.5) is 0 Å². The highest BCUT2D eigenvalue weighted by atomic mass is 16.5. The normalized spacial score (nSPS) is 18.9. The van der Waals surface area contributed by atoms with Crippen molar-refractivity contribution in [2.75, 3.05) is 26.7 Å². The molecule has 1 atom stereocenters. The Balaban J connectivity index is 1.83. The van der Waals surface area contributed by atoms with Crippen molar-refractivity contribution in [1.82, 2.24) is 10.2 Å². The number of piperidine rings is 1. The molecule has 0 saturated carbocycles. The number of nitrogens with one attached hydrogen (secondary N) is 1. The monoisotopic (exact) mass is 292 g/mol. The van der Waals surface area contributed by atoms with Crippen LogP contribution in [-0.2, 0) is 0 Å². The summed E-state index contributed by atoms with van der Waals surface area (Å²) in [7, 11) is 2.16. The molecule has 0 spiro atoms. The minimum Gasteiger partial charge on any atom is -0.491 e. The number of hydrogen-bond donors (Lipinski definition) is 2. The lowest BCUT2D eigenvalue weighted by atomic mass is 10.0. The molecule has 1 aromatic rings. The summed E-state index contributed by atoms with van der Waals surface area (Å²) >= 11 is 0. The molecule has 21 heavy (non-hydrogen) atoms. The molecule has 0 aromatic heterocycles. The fourth-order valence-corrected chi connectivity index (χ4v) is 2.68. The third kappa shape index (κ3) is 5.30. The van der Waals surface area contributed by atoms with Crippen molar-refractivity contribution < 1.29 is 9.84 Å². The molecule has 0 radical (unpaired) electrons. The number of likely N-dealkylation sites (tertiary alicyclic amines) is 1. The van der Waals surface area contributed by atoms with Gasteiger partial charge in [-0.1, -0.05) is 12.1 Å². The fourth-order valence-electron chi connectivity index (χ4n) is 2.68. The van der Waals surface area contributed by atoms with Crippen LogP contribution < -0.4 is 10.1 Å². The number of rotatable bonds is 6. The Kier molecular flexibility index (Phi) is 6.03. The first kappa shape index (κ1) is 16.3. The quantitative estimate of drug-likeness (QED) is 0.843. The summed E-state index contributed by atoms with van der Waals surface area (Å²) in [5, 5.41) is 13.8. The third-order valence-corrected chi connectivity index (χ3v) is 3.93. The Morgan fingerprint density at radius 3 is 2.71 bits per heavy atom. The van der Waals surface area contributed by atoms with E-state index in [-0.39, 0.29) is 6.10 Å². The van der Waals surface area contributed by atoms with Crippen LogP contribution in [0.2, 0.25) is 0 Å². The minimum absolute atomic E-state index is 0.148. The van der Waals surface area contributed by atoms with E-state index in [2.05, 4.69) is 17.3 Å². The van der Waals surface area contributed by atoms with Gasteiger partial charge in [-0.3, -0.25) is 0 Å². The second-order valence-corrected chi connectivity index (χ2v) is 6.24. The third-order valence-electron chi connectivity index (χ3n) is 3.93. The van der Waals surface area contributed by atoms with Crippen molar-refractivity contribution in [2.24, 2.45) is 0 Å². The number of hydrogen-bond acceptors (Lipinski definition) is 4. The standard InChI is InChI=1S/C17H28N2O2/c1-13(2)21-16-6-4-5-14(11-16)17(20)12-18-15-7-9-19(3)10-8-15/h4-6,11,13,15,17-18,20H,7-10,12H2,1-3H3. The Bertz CT molecular complexity index is 429. The van der Waals surface area contributed by atoms with Crippen LogP contribution in [-0.4, -0.2) is 48.8 Å². The van der Waals surface area contributed by atoms with E-state index < -0.39 is 6.10 Å². The first-order valence-corrected chi connectivity index (χ1v) is 7.91. The zero-order valence-corrected chi connectivity index (χ0v) is 13.4. The highest BCUT2D eigenvalue weighted by Gasteiger charge is 2.17. The van der Waals surface area contributed by atoms with Gasteiger partial charge < -0.3 is 20.1 Å². The summed E-state index contributed by atoms with van der Waals surface area (Å²) in [4.78, 5) is 2.35. The van der Waals surface area contributed by atoms with Gasteiger partial charge in [-0.2, -0.15) is 0 Å². The van der Waals surface area contributed by atoms with E-state index in [9.17, 15) is 5.11 Å². The molecule has 0 aliphatic carbocycles. The fraction of sp³-hybridized carbons (Fsp3) is 0.647. The SMILES string of the molecule is CC(C)Oc1cccc(C(O)CNC2CCN(C)CC2)c1. The molecule has 1 heterocycles. The van der Waals surface area contributed by atoms with Gasteiger partial charge in [-0.05, 0) is 64.5 Å². The second kappa shape index (κ2) is 7.78. The van der Waals surface area contributed by atoms with E-state index in [1.54, 1.807) is 0 Å². The molecule has 0 amide bonds. The molecule has 1 aromatic carbocycles. The van der Waals surface area contributed by atoms with Gasteiger partial charge in [0.15, 0.2) is 0 Å². The topological polar surface area (TPSA) is 44.7 Å². The van der Waals surface area contributed by atoms with Crippen molar-refractivity contribution in [1.29, 1.82) is 0 Å². The Labute approximate surface area is 128 Å². The average molecular weight is 292 g/mol. The molecule has 2 N–H and O–H groups in total. The van der Waals surface area contributed by atoms with E-state index in [4.69, 9.17) is 4.74 Å². The number of aliphatic hydroxyl groups excluding tert-OH is 1. The lowest BCUT2D eigenvalue weighted by molar-refractivity contribution is 0.157. The van der Waals surface area contributed by atoms with Crippen LogP contribution in [0.1, 0.15) is 38.4 Å². The van der Waals surface area contributed by atoms with E-state index in [0.717, 1.165) is 37.2 Å². The maximum Gasteiger partial charge on any atom is 0.120 e. The molecule has 1 fully saturated rings. The van der Waals surface area contributed by atoms with Gasteiger partial charge in [0.1, 0.15) is 5.75 Å². The predicted octanol–water partition coefficient (Wildman–Crippen LogP) is 2.19. The Morgan fingerprint density at radius 1 is 1.33 bits per heavy atom. The van der Waals surface area contributed by atoms with Crippen LogP contribution in [0, 0.1) is 0 Å². The second-order valence-electron chi connectivity index (χ2n) is 6.24. The summed E-state index contributed by atoms with van der Waals surface area (Å²) in [5.41, 5.74) is 0.911. The molecule has 2 rings (SSSR count). The zero-order valence-electron chi connectivity index (χ0n) is 13.4.